The zero-order chi connectivity index (χ0) is 24.0. The van der Waals surface area contributed by atoms with Gasteiger partial charge in [-0.1, -0.05) is 17.7 Å². The van der Waals surface area contributed by atoms with Crippen molar-refractivity contribution < 1.29 is 28.5 Å². The second-order valence-corrected chi connectivity index (χ2v) is 7.09. The molecule has 10 heteroatoms. The summed E-state index contributed by atoms with van der Waals surface area (Å²) in [5, 5.41) is 3.64. The molecule has 0 fully saturated rings. The van der Waals surface area contributed by atoms with Crippen molar-refractivity contribution in [2.75, 3.05) is 40.9 Å². The van der Waals surface area contributed by atoms with E-state index in [1.807, 2.05) is 6.07 Å². The van der Waals surface area contributed by atoms with Gasteiger partial charge in [-0.05, 0) is 29.8 Å². The molecule has 0 aliphatic heterocycles. The van der Waals surface area contributed by atoms with Crippen LogP contribution in [-0.2, 0) is 6.54 Å². The molecule has 0 unspecified atom stereocenters. The number of benzene rings is 2. The molecule has 0 saturated heterocycles. The largest absolute Gasteiger partial charge is 0.495 e. The van der Waals surface area contributed by atoms with Gasteiger partial charge in [-0.3, -0.25) is 4.79 Å². The SMILES string of the molecule is COc1ncc(C(=O)c2cc(OC)c(OC)c(OC)c2)c(NCc2ccc(OC)c(Cl)c2)n1. The van der Waals surface area contributed by atoms with Gasteiger partial charge in [0.15, 0.2) is 17.3 Å². The molecule has 9 nitrogen and oxygen atoms in total. The summed E-state index contributed by atoms with van der Waals surface area (Å²) < 4.78 is 26.4. The van der Waals surface area contributed by atoms with Gasteiger partial charge in [-0.2, -0.15) is 4.98 Å². The summed E-state index contributed by atoms with van der Waals surface area (Å²) in [5.74, 6) is 1.63. The number of carbonyl (C=O) groups excluding carboxylic acids is 1. The lowest BCUT2D eigenvalue weighted by molar-refractivity contribution is 0.103. The Hall–Kier alpha value is -3.72. The van der Waals surface area contributed by atoms with Crippen molar-refractivity contribution in [1.29, 1.82) is 0 Å². The number of aromatic nitrogens is 2. The van der Waals surface area contributed by atoms with Gasteiger partial charge in [0.05, 0.1) is 46.1 Å². The van der Waals surface area contributed by atoms with E-state index in [0.29, 0.717) is 45.9 Å². The number of nitrogens with one attached hydrogen (secondary N) is 1. The molecule has 0 bridgehead atoms. The third-order valence-electron chi connectivity index (χ3n) is 4.80. The number of rotatable bonds is 10. The van der Waals surface area contributed by atoms with E-state index in [1.165, 1.54) is 34.6 Å². The lowest BCUT2D eigenvalue weighted by atomic mass is 10.0. The summed E-state index contributed by atoms with van der Waals surface area (Å²) in [6.45, 7) is 0.347. The van der Waals surface area contributed by atoms with Gasteiger partial charge in [0.2, 0.25) is 5.75 Å². The summed E-state index contributed by atoms with van der Waals surface area (Å²) in [6.07, 6.45) is 1.40. The number of hydrogen-bond acceptors (Lipinski definition) is 9. The lowest BCUT2D eigenvalue weighted by Gasteiger charge is -2.15. The van der Waals surface area contributed by atoms with E-state index < -0.39 is 0 Å². The van der Waals surface area contributed by atoms with E-state index in [-0.39, 0.29) is 17.4 Å². The average molecular weight is 474 g/mol. The van der Waals surface area contributed by atoms with Crippen LogP contribution in [0.4, 0.5) is 5.82 Å². The Morgan fingerprint density at radius 2 is 1.58 bits per heavy atom. The first kappa shape index (κ1) is 23.9. The number of methoxy groups -OCH3 is 5. The molecule has 0 radical (unpaired) electrons. The standard InChI is InChI=1S/C23H24ClN3O6/c1-29-17-7-6-13(8-16(17)24)11-25-22-15(12-26-23(27-22)33-5)20(28)14-9-18(30-2)21(32-4)19(10-14)31-3/h6-10,12H,11H2,1-5H3,(H,25,26,27). The Balaban J connectivity index is 1.96. The Kier molecular flexibility index (Phi) is 7.78. The fourth-order valence-electron chi connectivity index (χ4n) is 3.14. The Morgan fingerprint density at radius 3 is 2.12 bits per heavy atom. The minimum atomic E-state index is -0.341. The molecule has 1 N–H and O–H groups in total. The molecule has 33 heavy (non-hydrogen) atoms. The quantitative estimate of drug-likeness (QED) is 0.437. The normalized spacial score (nSPS) is 10.4. The first-order chi connectivity index (χ1) is 15.9. The first-order valence-electron chi connectivity index (χ1n) is 9.77. The third kappa shape index (κ3) is 5.20. The summed E-state index contributed by atoms with van der Waals surface area (Å²) in [7, 11) is 7.45. The maximum atomic E-state index is 13.4. The number of ketones is 1. The van der Waals surface area contributed by atoms with Crippen LogP contribution >= 0.6 is 11.6 Å². The lowest BCUT2D eigenvalue weighted by Crippen LogP contribution is -2.12. The molecule has 0 aliphatic rings. The van der Waals surface area contributed by atoms with Crippen molar-refractivity contribution in [3.05, 3.63) is 58.2 Å². The molecule has 2 aromatic carbocycles. The van der Waals surface area contributed by atoms with Crippen molar-refractivity contribution >= 4 is 23.2 Å². The molecule has 3 aromatic rings. The van der Waals surface area contributed by atoms with Crippen LogP contribution in [0.1, 0.15) is 21.5 Å². The minimum absolute atomic E-state index is 0.117. The molecular formula is C23H24ClN3O6. The molecule has 0 amide bonds. The van der Waals surface area contributed by atoms with E-state index in [2.05, 4.69) is 15.3 Å². The molecule has 1 heterocycles. The van der Waals surface area contributed by atoms with Crippen LogP contribution in [0.5, 0.6) is 29.0 Å². The van der Waals surface area contributed by atoms with Gasteiger partial charge in [-0.25, -0.2) is 4.98 Å². The highest BCUT2D eigenvalue weighted by molar-refractivity contribution is 6.32. The van der Waals surface area contributed by atoms with Crippen molar-refractivity contribution in [3.63, 3.8) is 0 Å². The number of hydrogen-bond donors (Lipinski definition) is 1. The van der Waals surface area contributed by atoms with Crippen molar-refractivity contribution in [2.24, 2.45) is 0 Å². The van der Waals surface area contributed by atoms with Gasteiger partial charge in [0, 0.05) is 18.3 Å². The maximum Gasteiger partial charge on any atom is 0.318 e. The van der Waals surface area contributed by atoms with Crippen LogP contribution in [0.3, 0.4) is 0 Å². The second-order valence-electron chi connectivity index (χ2n) is 6.68. The van der Waals surface area contributed by atoms with Crippen molar-refractivity contribution in [2.45, 2.75) is 6.54 Å². The van der Waals surface area contributed by atoms with Gasteiger partial charge in [0.25, 0.3) is 0 Å². The van der Waals surface area contributed by atoms with E-state index in [9.17, 15) is 4.79 Å². The summed E-state index contributed by atoms with van der Waals surface area (Å²) in [5.41, 5.74) is 1.42. The van der Waals surface area contributed by atoms with E-state index in [1.54, 1.807) is 31.4 Å². The number of nitrogens with zero attached hydrogens (tertiary/aromatic N) is 2. The van der Waals surface area contributed by atoms with E-state index in [0.717, 1.165) is 5.56 Å². The summed E-state index contributed by atoms with van der Waals surface area (Å²) >= 11 is 6.22. The van der Waals surface area contributed by atoms with E-state index in [4.69, 9.17) is 35.3 Å². The molecule has 1 aromatic heterocycles. The fourth-order valence-corrected chi connectivity index (χ4v) is 3.42. The van der Waals surface area contributed by atoms with Gasteiger partial charge in [0.1, 0.15) is 11.6 Å². The molecule has 174 valence electrons. The monoisotopic (exact) mass is 473 g/mol. The Morgan fingerprint density at radius 1 is 0.909 bits per heavy atom. The smallest absolute Gasteiger partial charge is 0.318 e. The zero-order valence-corrected chi connectivity index (χ0v) is 19.6. The van der Waals surface area contributed by atoms with Crippen LogP contribution in [0.25, 0.3) is 0 Å². The molecule has 3 rings (SSSR count). The van der Waals surface area contributed by atoms with Gasteiger partial charge < -0.3 is 29.0 Å². The first-order valence-corrected chi connectivity index (χ1v) is 10.2. The number of carbonyl (C=O) groups is 1. The molecule has 0 spiro atoms. The topological polar surface area (TPSA) is 101 Å². The Labute approximate surface area is 196 Å². The predicted octanol–water partition coefficient (Wildman–Crippen LogP) is 4.02. The maximum absolute atomic E-state index is 13.4. The number of ether oxygens (including phenoxy) is 5. The highest BCUT2D eigenvalue weighted by Crippen LogP contribution is 2.39. The van der Waals surface area contributed by atoms with Gasteiger partial charge in [-0.15, -0.1) is 0 Å². The average Bonchev–Trinajstić information content (AvgIpc) is 2.85. The predicted molar refractivity (Wildman–Crippen MR) is 123 cm³/mol. The van der Waals surface area contributed by atoms with Gasteiger partial charge >= 0.3 is 6.01 Å². The minimum Gasteiger partial charge on any atom is -0.495 e. The molecule has 0 saturated carbocycles. The van der Waals surface area contributed by atoms with Crippen LogP contribution in [0.2, 0.25) is 5.02 Å². The number of halogens is 1. The molecule has 0 atom stereocenters. The van der Waals surface area contributed by atoms with Crippen LogP contribution in [-0.4, -0.2) is 51.3 Å². The second kappa shape index (κ2) is 10.7. The van der Waals surface area contributed by atoms with Crippen molar-refractivity contribution in [1.82, 2.24) is 9.97 Å². The van der Waals surface area contributed by atoms with Crippen molar-refractivity contribution in [3.8, 4) is 29.0 Å². The highest BCUT2D eigenvalue weighted by atomic mass is 35.5. The summed E-state index contributed by atoms with van der Waals surface area (Å²) in [6, 6.07) is 8.65. The van der Waals surface area contributed by atoms with Crippen LogP contribution in [0.15, 0.2) is 36.5 Å². The number of anilines is 1. The van der Waals surface area contributed by atoms with E-state index >= 15 is 0 Å². The highest BCUT2D eigenvalue weighted by Gasteiger charge is 2.22. The molecule has 0 aliphatic carbocycles. The Bertz CT molecular complexity index is 1130. The zero-order valence-electron chi connectivity index (χ0n) is 18.9. The van der Waals surface area contributed by atoms with Crippen LogP contribution in [0, 0.1) is 0 Å². The third-order valence-corrected chi connectivity index (χ3v) is 5.09. The van der Waals surface area contributed by atoms with Crippen LogP contribution < -0.4 is 29.0 Å². The summed E-state index contributed by atoms with van der Waals surface area (Å²) in [4.78, 5) is 21.8. The fraction of sp³-hybridized carbons (Fsp3) is 0.261. The molecular weight excluding hydrogens is 450 g/mol.